The monoisotopic (exact) mass is 264 g/mol. The molecule has 1 saturated heterocycles. The quantitative estimate of drug-likeness (QED) is 0.839. The third-order valence-electron chi connectivity index (χ3n) is 6.10. The lowest BCUT2D eigenvalue weighted by atomic mass is 9.69. The first-order valence-electron chi connectivity index (χ1n) is 8.58. The molecule has 3 aliphatic rings. The molecule has 110 valence electrons. The van der Waals surface area contributed by atoms with Crippen LogP contribution in [0.3, 0.4) is 0 Å². The van der Waals surface area contributed by atoms with Crippen LogP contribution in [-0.4, -0.2) is 38.1 Å². The smallest absolute Gasteiger partial charge is 0.00505 e. The van der Waals surface area contributed by atoms with Gasteiger partial charge in [-0.15, -0.1) is 0 Å². The zero-order valence-corrected chi connectivity index (χ0v) is 13.0. The minimum absolute atomic E-state index is 0.574. The van der Waals surface area contributed by atoms with Crippen molar-refractivity contribution in [2.45, 2.75) is 51.9 Å². The Labute approximate surface area is 119 Å². The second-order valence-corrected chi connectivity index (χ2v) is 7.88. The van der Waals surface area contributed by atoms with Gasteiger partial charge in [-0.25, -0.2) is 0 Å². The van der Waals surface area contributed by atoms with Gasteiger partial charge in [-0.2, -0.15) is 0 Å². The topological polar surface area (TPSA) is 15.3 Å². The van der Waals surface area contributed by atoms with Crippen LogP contribution in [-0.2, 0) is 0 Å². The molecule has 2 heteroatoms. The van der Waals surface area contributed by atoms with E-state index < -0.39 is 0 Å². The van der Waals surface area contributed by atoms with Gasteiger partial charge >= 0.3 is 0 Å². The van der Waals surface area contributed by atoms with Gasteiger partial charge in [-0.1, -0.05) is 26.2 Å². The van der Waals surface area contributed by atoms with Crippen molar-refractivity contribution in [3.05, 3.63) is 0 Å². The molecule has 19 heavy (non-hydrogen) atoms. The van der Waals surface area contributed by atoms with Crippen LogP contribution in [0, 0.1) is 23.2 Å². The molecule has 0 bridgehead atoms. The largest absolute Gasteiger partial charge is 0.319 e. The van der Waals surface area contributed by atoms with Gasteiger partial charge in [0.05, 0.1) is 0 Å². The molecule has 0 amide bonds. The molecule has 2 saturated carbocycles. The average molecular weight is 264 g/mol. The molecule has 0 aromatic carbocycles. The summed E-state index contributed by atoms with van der Waals surface area (Å²) in [6.07, 6.45) is 10.3. The molecule has 3 rings (SSSR count). The second kappa shape index (κ2) is 5.73. The van der Waals surface area contributed by atoms with Crippen molar-refractivity contribution in [3.8, 4) is 0 Å². The van der Waals surface area contributed by atoms with Crippen molar-refractivity contribution < 1.29 is 0 Å². The van der Waals surface area contributed by atoms with Crippen molar-refractivity contribution in [1.82, 2.24) is 10.2 Å². The predicted octanol–water partition coefficient (Wildman–Crippen LogP) is 3.13. The summed E-state index contributed by atoms with van der Waals surface area (Å²) in [5.74, 6) is 3.03. The van der Waals surface area contributed by atoms with Crippen LogP contribution in [0.2, 0.25) is 0 Å². The summed E-state index contributed by atoms with van der Waals surface area (Å²) in [5, 5.41) is 3.50. The highest BCUT2D eigenvalue weighted by Gasteiger charge is 2.41. The Morgan fingerprint density at radius 1 is 1.11 bits per heavy atom. The van der Waals surface area contributed by atoms with Gasteiger partial charge in [0.2, 0.25) is 0 Å². The Balaban J connectivity index is 1.61. The van der Waals surface area contributed by atoms with Crippen LogP contribution in [0.25, 0.3) is 0 Å². The van der Waals surface area contributed by atoms with Crippen molar-refractivity contribution in [2.75, 3.05) is 33.2 Å². The van der Waals surface area contributed by atoms with E-state index in [1.807, 2.05) is 0 Å². The summed E-state index contributed by atoms with van der Waals surface area (Å²) in [4.78, 5) is 2.82. The molecule has 2 aliphatic carbocycles. The molecular weight excluding hydrogens is 232 g/mol. The Bertz CT molecular complexity index is 288. The lowest BCUT2D eigenvalue weighted by Crippen LogP contribution is -2.45. The van der Waals surface area contributed by atoms with E-state index in [1.54, 1.807) is 0 Å². The van der Waals surface area contributed by atoms with Crippen molar-refractivity contribution in [2.24, 2.45) is 23.2 Å². The summed E-state index contributed by atoms with van der Waals surface area (Å²) in [5.41, 5.74) is 0.574. The van der Waals surface area contributed by atoms with E-state index in [4.69, 9.17) is 0 Å². The van der Waals surface area contributed by atoms with Crippen LogP contribution in [0.15, 0.2) is 0 Å². The fraction of sp³-hybridized carbons (Fsp3) is 1.00. The normalized spacial score (nSPS) is 43.6. The number of hydrogen-bond donors (Lipinski definition) is 1. The number of fused-ring (bicyclic) bond motifs is 1. The molecule has 0 radical (unpaired) electrons. The Hall–Kier alpha value is -0.0800. The van der Waals surface area contributed by atoms with Crippen LogP contribution in [0.5, 0.6) is 0 Å². The maximum Gasteiger partial charge on any atom is 0.00505 e. The maximum atomic E-state index is 3.50. The van der Waals surface area contributed by atoms with Gasteiger partial charge in [0, 0.05) is 26.2 Å². The minimum atomic E-state index is 0.574. The van der Waals surface area contributed by atoms with Crippen LogP contribution in [0.4, 0.5) is 0 Å². The highest BCUT2D eigenvalue weighted by Crippen LogP contribution is 2.43. The van der Waals surface area contributed by atoms with E-state index in [1.165, 1.54) is 71.1 Å². The Morgan fingerprint density at radius 2 is 1.84 bits per heavy atom. The van der Waals surface area contributed by atoms with E-state index in [2.05, 4.69) is 24.2 Å². The van der Waals surface area contributed by atoms with E-state index in [-0.39, 0.29) is 0 Å². The molecule has 0 aromatic rings. The first-order chi connectivity index (χ1) is 9.21. The SMILES string of the molecule is CNCC1(CN2CC3CCCC3C2)CCCC(C)C1. The van der Waals surface area contributed by atoms with Gasteiger partial charge in [0.25, 0.3) is 0 Å². The highest BCUT2D eigenvalue weighted by molar-refractivity contribution is 4.94. The average Bonchev–Trinajstić information content (AvgIpc) is 2.89. The Kier molecular flexibility index (Phi) is 4.19. The van der Waals surface area contributed by atoms with E-state index in [0.717, 1.165) is 17.8 Å². The van der Waals surface area contributed by atoms with Gasteiger partial charge in [-0.3, -0.25) is 0 Å². The van der Waals surface area contributed by atoms with Gasteiger partial charge in [-0.05, 0) is 55.9 Å². The maximum absolute atomic E-state index is 3.50. The van der Waals surface area contributed by atoms with Crippen LogP contribution in [0.1, 0.15) is 51.9 Å². The lowest BCUT2D eigenvalue weighted by molar-refractivity contribution is 0.0894. The third kappa shape index (κ3) is 3.00. The molecule has 4 unspecified atom stereocenters. The summed E-state index contributed by atoms with van der Waals surface area (Å²) < 4.78 is 0. The molecule has 0 aromatic heterocycles. The van der Waals surface area contributed by atoms with Crippen molar-refractivity contribution in [1.29, 1.82) is 0 Å². The first kappa shape index (κ1) is 13.9. The van der Waals surface area contributed by atoms with Crippen LogP contribution < -0.4 is 5.32 Å². The summed E-state index contributed by atoms with van der Waals surface area (Å²) in [7, 11) is 2.14. The highest BCUT2D eigenvalue weighted by atomic mass is 15.2. The second-order valence-electron chi connectivity index (χ2n) is 7.88. The molecule has 1 N–H and O–H groups in total. The van der Waals surface area contributed by atoms with Crippen LogP contribution >= 0.6 is 0 Å². The molecule has 1 aliphatic heterocycles. The molecule has 4 atom stereocenters. The molecule has 0 spiro atoms. The third-order valence-corrected chi connectivity index (χ3v) is 6.10. The fourth-order valence-corrected chi connectivity index (χ4v) is 5.44. The first-order valence-corrected chi connectivity index (χ1v) is 8.58. The van der Waals surface area contributed by atoms with Crippen molar-refractivity contribution in [3.63, 3.8) is 0 Å². The van der Waals surface area contributed by atoms with Gasteiger partial charge in [0.15, 0.2) is 0 Å². The Morgan fingerprint density at radius 3 is 2.47 bits per heavy atom. The van der Waals surface area contributed by atoms with E-state index in [0.29, 0.717) is 5.41 Å². The number of rotatable bonds is 4. The number of nitrogens with zero attached hydrogens (tertiary/aromatic N) is 1. The zero-order chi connectivity index (χ0) is 13.3. The number of likely N-dealkylation sites (tertiary alicyclic amines) is 1. The summed E-state index contributed by atoms with van der Waals surface area (Å²) >= 11 is 0. The molecule has 2 nitrogen and oxygen atoms in total. The number of hydrogen-bond acceptors (Lipinski definition) is 2. The predicted molar refractivity (Wildman–Crippen MR) is 81.3 cm³/mol. The zero-order valence-electron chi connectivity index (χ0n) is 13.0. The lowest BCUT2D eigenvalue weighted by Gasteiger charge is -2.42. The van der Waals surface area contributed by atoms with Gasteiger partial charge in [0.1, 0.15) is 0 Å². The fourth-order valence-electron chi connectivity index (χ4n) is 5.44. The van der Waals surface area contributed by atoms with Crippen molar-refractivity contribution >= 4 is 0 Å². The summed E-state index contributed by atoms with van der Waals surface area (Å²) in [6, 6.07) is 0. The standard InChI is InChI=1S/C17H32N2/c1-14-5-4-8-17(9-14,12-18-2)13-19-10-15-6-3-7-16(15)11-19/h14-16,18H,3-13H2,1-2H3. The molecule has 1 heterocycles. The molecular formula is C17H32N2. The summed E-state index contributed by atoms with van der Waals surface area (Å²) in [6.45, 7) is 7.87. The van der Waals surface area contributed by atoms with E-state index >= 15 is 0 Å². The molecule has 3 fully saturated rings. The minimum Gasteiger partial charge on any atom is -0.319 e. The number of nitrogens with one attached hydrogen (secondary N) is 1. The van der Waals surface area contributed by atoms with Gasteiger partial charge < -0.3 is 10.2 Å². The van der Waals surface area contributed by atoms with E-state index in [9.17, 15) is 0 Å².